The lowest BCUT2D eigenvalue weighted by atomic mass is 9.84. The monoisotopic (exact) mass is 424 g/mol. The topological polar surface area (TPSA) is 196 Å². The molecular weight excluding hydrogens is 388 g/mol. The van der Waals surface area contributed by atoms with Crippen LogP contribution < -0.4 is 0 Å². The van der Waals surface area contributed by atoms with Gasteiger partial charge in [-0.25, -0.2) is 0 Å². The highest BCUT2D eigenvalue weighted by Crippen LogP contribution is 2.36. The van der Waals surface area contributed by atoms with Gasteiger partial charge in [0.2, 0.25) is 11.6 Å². The summed E-state index contributed by atoms with van der Waals surface area (Å²) in [6.45, 7) is 6.00. The average Bonchev–Trinajstić information content (AvgIpc) is 2.55. The van der Waals surface area contributed by atoms with Crippen molar-refractivity contribution in [2.45, 2.75) is 96.4 Å². The van der Waals surface area contributed by atoms with Gasteiger partial charge < -0.3 is 40.9 Å². The van der Waals surface area contributed by atoms with Gasteiger partial charge in [-0.15, -0.1) is 0 Å². The molecule has 0 saturated carbocycles. The Morgan fingerprint density at radius 1 is 0.552 bits per heavy atom. The predicted octanol–water partition coefficient (Wildman–Crippen LogP) is 0.371. The number of carbonyl (C=O) groups is 2. The summed E-state index contributed by atoms with van der Waals surface area (Å²) >= 11 is 0. The molecule has 0 aliphatic carbocycles. The van der Waals surface area contributed by atoms with Crippen molar-refractivity contribution < 1.29 is 50.4 Å². The summed E-state index contributed by atoms with van der Waals surface area (Å²) in [6.07, 6.45) is -0.422. The third kappa shape index (κ3) is 7.47. The van der Waals surface area contributed by atoms with Gasteiger partial charge in [0.25, 0.3) is 5.79 Å². The summed E-state index contributed by atoms with van der Waals surface area (Å²) in [5.41, 5.74) is -2.07. The highest BCUT2D eigenvalue weighted by atomic mass is 16.7. The summed E-state index contributed by atoms with van der Waals surface area (Å²) in [4.78, 5) is 22.1. The van der Waals surface area contributed by atoms with Crippen LogP contribution >= 0.6 is 0 Å². The normalized spacial score (nSPS) is 14.1. The Morgan fingerprint density at radius 3 is 1.03 bits per heavy atom. The second-order valence-corrected chi connectivity index (χ2v) is 9.10. The predicted molar refractivity (Wildman–Crippen MR) is 101 cm³/mol. The van der Waals surface area contributed by atoms with Crippen molar-refractivity contribution in [3.05, 3.63) is 0 Å². The van der Waals surface area contributed by atoms with Crippen LogP contribution in [0, 0.1) is 10.8 Å². The molecule has 0 atom stereocenters. The van der Waals surface area contributed by atoms with E-state index in [9.17, 15) is 40.2 Å². The van der Waals surface area contributed by atoms with Crippen molar-refractivity contribution in [3.8, 4) is 0 Å². The van der Waals surface area contributed by atoms with Gasteiger partial charge in [0.05, 0.1) is 10.8 Å². The Bertz CT molecular complexity index is 515. The first-order chi connectivity index (χ1) is 12.8. The van der Waals surface area contributed by atoms with E-state index in [1.165, 1.54) is 27.7 Å². The quantitative estimate of drug-likeness (QED) is 0.142. The minimum atomic E-state index is -3.68. The largest absolute Gasteiger partial charge is 0.481 e. The molecule has 10 nitrogen and oxygen atoms in total. The fourth-order valence-electron chi connectivity index (χ4n) is 2.76. The molecule has 0 saturated heterocycles. The minimum absolute atomic E-state index is 0.00450. The molecule has 29 heavy (non-hydrogen) atoms. The standard InChI is InChI=1S/C19H36O10/c1-15(2,13(20)21)9-5-7-11-17(24,25)19(28,29)18(26,27)12-8-6-10-16(3,4)14(22)23/h24-29H,5-12H2,1-4H3,(H,20,21)(H,22,23). The summed E-state index contributed by atoms with van der Waals surface area (Å²) in [7, 11) is 0. The van der Waals surface area contributed by atoms with E-state index >= 15 is 0 Å². The SMILES string of the molecule is CC(C)(CCCCC(O)(O)C(O)(O)C(O)(O)CCCCC(C)(C)C(=O)O)C(=O)O. The summed E-state index contributed by atoms with van der Waals surface area (Å²) in [5.74, 6) is -12.2. The van der Waals surface area contributed by atoms with Crippen LogP contribution in [0.4, 0.5) is 0 Å². The Balaban J connectivity index is 4.77. The first kappa shape index (κ1) is 27.7. The van der Waals surface area contributed by atoms with Gasteiger partial charge in [0.1, 0.15) is 0 Å². The molecular formula is C19H36O10. The molecule has 8 N–H and O–H groups in total. The molecule has 172 valence electrons. The number of aliphatic hydroxyl groups is 6. The van der Waals surface area contributed by atoms with Crippen molar-refractivity contribution in [2.24, 2.45) is 10.8 Å². The number of hydrogen-bond donors (Lipinski definition) is 8. The third-order valence-electron chi connectivity index (χ3n) is 5.43. The zero-order valence-corrected chi connectivity index (χ0v) is 17.6. The van der Waals surface area contributed by atoms with E-state index in [1.807, 2.05) is 0 Å². The van der Waals surface area contributed by atoms with Gasteiger partial charge in [-0.1, -0.05) is 12.8 Å². The maximum atomic E-state index is 11.0. The molecule has 0 aliphatic rings. The van der Waals surface area contributed by atoms with Crippen molar-refractivity contribution in [1.29, 1.82) is 0 Å². The Morgan fingerprint density at radius 2 is 0.793 bits per heavy atom. The molecule has 0 heterocycles. The first-order valence-electron chi connectivity index (χ1n) is 9.61. The summed E-state index contributed by atoms with van der Waals surface area (Å²) < 4.78 is 0. The highest BCUT2D eigenvalue weighted by molar-refractivity contribution is 5.73. The molecule has 0 rings (SSSR count). The summed E-state index contributed by atoms with van der Waals surface area (Å²) in [5, 5.41) is 78.2. The van der Waals surface area contributed by atoms with Crippen LogP contribution in [0.5, 0.6) is 0 Å². The lowest BCUT2D eigenvalue weighted by Crippen LogP contribution is -2.68. The van der Waals surface area contributed by atoms with Crippen LogP contribution in [-0.4, -0.2) is 70.2 Å². The zero-order valence-electron chi connectivity index (χ0n) is 17.6. The van der Waals surface area contributed by atoms with Gasteiger partial charge >= 0.3 is 11.9 Å². The fraction of sp³-hybridized carbons (Fsp3) is 0.895. The van der Waals surface area contributed by atoms with Crippen molar-refractivity contribution >= 4 is 11.9 Å². The molecule has 0 aromatic rings. The van der Waals surface area contributed by atoms with E-state index in [2.05, 4.69) is 0 Å². The zero-order chi connectivity index (χ0) is 23.3. The average molecular weight is 424 g/mol. The van der Waals surface area contributed by atoms with Gasteiger partial charge in [-0.3, -0.25) is 9.59 Å². The van der Waals surface area contributed by atoms with Crippen molar-refractivity contribution in [2.75, 3.05) is 0 Å². The molecule has 0 radical (unpaired) electrons. The van der Waals surface area contributed by atoms with Gasteiger partial charge in [-0.05, 0) is 53.4 Å². The van der Waals surface area contributed by atoms with Crippen LogP contribution in [-0.2, 0) is 9.59 Å². The molecule has 0 spiro atoms. The lowest BCUT2D eigenvalue weighted by molar-refractivity contribution is -0.454. The Kier molecular flexibility index (Phi) is 9.24. The number of aliphatic carboxylic acids is 2. The number of rotatable bonds is 14. The first-order valence-corrected chi connectivity index (χ1v) is 9.61. The highest BCUT2D eigenvalue weighted by Gasteiger charge is 2.60. The fourth-order valence-corrected chi connectivity index (χ4v) is 2.76. The van der Waals surface area contributed by atoms with Gasteiger partial charge in [0.15, 0.2) is 0 Å². The van der Waals surface area contributed by atoms with Crippen LogP contribution in [0.15, 0.2) is 0 Å². The molecule has 0 unspecified atom stereocenters. The van der Waals surface area contributed by atoms with E-state index in [1.54, 1.807) is 0 Å². The van der Waals surface area contributed by atoms with Crippen LogP contribution in [0.1, 0.15) is 79.1 Å². The minimum Gasteiger partial charge on any atom is -0.481 e. The molecule has 10 heteroatoms. The number of hydrogen-bond acceptors (Lipinski definition) is 8. The Hall–Kier alpha value is -1.30. The lowest BCUT2D eigenvalue weighted by Gasteiger charge is -2.43. The molecule has 0 bridgehead atoms. The van der Waals surface area contributed by atoms with Crippen molar-refractivity contribution in [1.82, 2.24) is 0 Å². The van der Waals surface area contributed by atoms with Crippen LogP contribution in [0.25, 0.3) is 0 Å². The molecule has 0 aromatic carbocycles. The Labute approximate surface area is 170 Å². The molecule has 0 aliphatic heterocycles. The van der Waals surface area contributed by atoms with E-state index in [-0.39, 0.29) is 38.5 Å². The third-order valence-corrected chi connectivity index (χ3v) is 5.43. The van der Waals surface area contributed by atoms with E-state index in [0.717, 1.165) is 0 Å². The maximum Gasteiger partial charge on any atom is 0.309 e. The van der Waals surface area contributed by atoms with E-state index < -0.39 is 53.0 Å². The second-order valence-electron chi connectivity index (χ2n) is 9.10. The van der Waals surface area contributed by atoms with Crippen LogP contribution in [0.2, 0.25) is 0 Å². The van der Waals surface area contributed by atoms with Crippen molar-refractivity contribution in [3.63, 3.8) is 0 Å². The molecule has 0 fully saturated rings. The molecule has 0 aromatic heterocycles. The molecule has 0 amide bonds. The smallest absolute Gasteiger partial charge is 0.309 e. The number of unbranched alkanes of at least 4 members (excludes halogenated alkanes) is 2. The number of carboxylic acid groups (broad SMARTS) is 2. The van der Waals surface area contributed by atoms with Gasteiger partial charge in [-0.2, -0.15) is 0 Å². The van der Waals surface area contributed by atoms with E-state index in [0.29, 0.717) is 0 Å². The maximum absolute atomic E-state index is 11.0. The number of carboxylic acids is 2. The second kappa shape index (κ2) is 9.67. The van der Waals surface area contributed by atoms with Gasteiger partial charge in [0, 0.05) is 12.8 Å². The van der Waals surface area contributed by atoms with Crippen LogP contribution in [0.3, 0.4) is 0 Å². The van der Waals surface area contributed by atoms with E-state index in [4.69, 9.17) is 10.2 Å². The summed E-state index contributed by atoms with van der Waals surface area (Å²) in [6, 6.07) is 0.